The summed E-state index contributed by atoms with van der Waals surface area (Å²) in [5, 5.41) is 4.59. The van der Waals surface area contributed by atoms with Crippen LogP contribution in [0.3, 0.4) is 0 Å². The number of nitrogens with zero attached hydrogens (tertiary/aromatic N) is 3. The van der Waals surface area contributed by atoms with Gasteiger partial charge in [-0.05, 0) is 31.9 Å². The largest absolute Gasteiger partial charge is 0.337 e. The maximum Gasteiger partial charge on any atom is 0.226 e. The lowest BCUT2D eigenvalue weighted by Gasteiger charge is -2.34. The fourth-order valence-corrected chi connectivity index (χ4v) is 2.89. The van der Waals surface area contributed by atoms with E-state index in [1.54, 1.807) is 0 Å². The van der Waals surface area contributed by atoms with Crippen molar-refractivity contribution in [2.24, 2.45) is 0 Å². The molecule has 1 N–H and O–H groups in total. The Morgan fingerprint density at radius 1 is 1.35 bits per heavy atom. The van der Waals surface area contributed by atoms with Crippen LogP contribution in [-0.2, 0) is 0 Å². The van der Waals surface area contributed by atoms with Gasteiger partial charge in [-0.2, -0.15) is 0 Å². The molecule has 4 heteroatoms. The number of aromatic nitrogens is 2. The fourth-order valence-electron chi connectivity index (χ4n) is 2.89. The standard InChI is InChI=1S/C16H22N4/c1-2-10-20(14-7-5-9-17-12-14)16-18-11-13-6-3-4-8-15(13)19-16/h3-4,6,8,11,14,17H,2,5,7,9-10,12H2,1H3. The Morgan fingerprint density at radius 2 is 2.25 bits per heavy atom. The van der Waals surface area contributed by atoms with E-state index >= 15 is 0 Å². The minimum absolute atomic E-state index is 0.518. The van der Waals surface area contributed by atoms with Gasteiger partial charge in [0, 0.05) is 30.7 Å². The van der Waals surface area contributed by atoms with E-state index in [0.717, 1.165) is 42.9 Å². The normalized spacial score (nSPS) is 19.1. The molecule has 0 saturated carbocycles. The minimum atomic E-state index is 0.518. The van der Waals surface area contributed by atoms with Gasteiger partial charge in [-0.15, -0.1) is 0 Å². The molecule has 0 spiro atoms. The van der Waals surface area contributed by atoms with Gasteiger partial charge in [-0.25, -0.2) is 9.97 Å². The van der Waals surface area contributed by atoms with Crippen LogP contribution in [0.25, 0.3) is 10.9 Å². The molecule has 0 bridgehead atoms. The molecule has 0 aliphatic carbocycles. The summed E-state index contributed by atoms with van der Waals surface area (Å²) in [6.45, 7) is 5.40. The zero-order valence-electron chi connectivity index (χ0n) is 12.0. The van der Waals surface area contributed by atoms with E-state index in [2.05, 4.69) is 34.3 Å². The monoisotopic (exact) mass is 270 g/mol. The molecule has 106 valence electrons. The molecule has 1 saturated heterocycles. The van der Waals surface area contributed by atoms with Gasteiger partial charge in [0.05, 0.1) is 5.52 Å². The summed E-state index contributed by atoms with van der Waals surface area (Å²) < 4.78 is 0. The molecule has 1 unspecified atom stereocenters. The van der Waals surface area contributed by atoms with Crippen molar-refractivity contribution in [3.63, 3.8) is 0 Å². The van der Waals surface area contributed by atoms with Gasteiger partial charge < -0.3 is 10.2 Å². The molecule has 1 aliphatic heterocycles. The first kappa shape index (κ1) is 13.3. The lowest BCUT2D eigenvalue weighted by molar-refractivity contribution is 0.427. The van der Waals surface area contributed by atoms with Crippen LogP contribution in [0, 0.1) is 0 Å². The number of anilines is 1. The summed E-state index contributed by atoms with van der Waals surface area (Å²) in [5.74, 6) is 0.874. The smallest absolute Gasteiger partial charge is 0.226 e. The minimum Gasteiger partial charge on any atom is -0.337 e. The van der Waals surface area contributed by atoms with Crippen molar-refractivity contribution in [1.82, 2.24) is 15.3 Å². The van der Waals surface area contributed by atoms with E-state index in [9.17, 15) is 0 Å². The molecule has 1 aromatic carbocycles. The van der Waals surface area contributed by atoms with E-state index in [4.69, 9.17) is 4.98 Å². The lowest BCUT2D eigenvalue weighted by atomic mass is 10.1. The Bertz CT molecular complexity index is 563. The molecular formula is C16H22N4. The first-order valence-electron chi connectivity index (χ1n) is 7.57. The van der Waals surface area contributed by atoms with Crippen molar-refractivity contribution in [3.8, 4) is 0 Å². The van der Waals surface area contributed by atoms with E-state index in [-0.39, 0.29) is 0 Å². The van der Waals surface area contributed by atoms with Crippen LogP contribution in [-0.4, -0.2) is 35.6 Å². The quantitative estimate of drug-likeness (QED) is 0.927. The van der Waals surface area contributed by atoms with Crippen LogP contribution < -0.4 is 10.2 Å². The van der Waals surface area contributed by atoms with Gasteiger partial charge in [0.1, 0.15) is 0 Å². The molecule has 1 fully saturated rings. The molecule has 4 nitrogen and oxygen atoms in total. The van der Waals surface area contributed by atoms with Crippen LogP contribution in [0.1, 0.15) is 26.2 Å². The number of hydrogen-bond acceptors (Lipinski definition) is 4. The number of hydrogen-bond donors (Lipinski definition) is 1. The Kier molecular flexibility index (Phi) is 4.11. The number of rotatable bonds is 4. The van der Waals surface area contributed by atoms with Gasteiger partial charge in [0.25, 0.3) is 0 Å². The highest BCUT2D eigenvalue weighted by molar-refractivity contribution is 5.78. The van der Waals surface area contributed by atoms with Crippen molar-refractivity contribution >= 4 is 16.9 Å². The van der Waals surface area contributed by atoms with Crippen molar-refractivity contribution in [2.45, 2.75) is 32.2 Å². The van der Waals surface area contributed by atoms with Gasteiger partial charge in [0.15, 0.2) is 0 Å². The first-order chi connectivity index (χ1) is 9.88. The second kappa shape index (κ2) is 6.18. The third-order valence-electron chi connectivity index (χ3n) is 3.91. The summed E-state index contributed by atoms with van der Waals surface area (Å²) in [5.41, 5.74) is 1.03. The summed E-state index contributed by atoms with van der Waals surface area (Å²) >= 11 is 0. The summed E-state index contributed by atoms with van der Waals surface area (Å²) in [7, 11) is 0. The number of benzene rings is 1. The van der Waals surface area contributed by atoms with E-state index in [1.165, 1.54) is 12.8 Å². The van der Waals surface area contributed by atoms with Gasteiger partial charge in [0.2, 0.25) is 5.95 Å². The van der Waals surface area contributed by atoms with E-state index in [0.29, 0.717) is 6.04 Å². The molecule has 0 amide bonds. The Labute approximate surface area is 120 Å². The highest BCUT2D eigenvalue weighted by Crippen LogP contribution is 2.20. The Hall–Kier alpha value is -1.68. The maximum absolute atomic E-state index is 4.76. The third kappa shape index (κ3) is 2.75. The molecule has 20 heavy (non-hydrogen) atoms. The topological polar surface area (TPSA) is 41.1 Å². The first-order valence-corrected chi connectivity index (χ1v) is 7.57. The molecule has 1 aromatic heterocycles. The maximum atomic E-state index is 4.76. The van der Waals surface area contributed by atoms with Gasteiger partial charge in [-0.1, -0.05) is 25.1 Å². The predicted octanol–water partition coefficient (Wildman–Crippen LogP) is 2.60. The van der Waals surface area contributed by atoms with Crippen LogP contribution in [0.2, 0.25) is 0 Å². The van der Waals surface area contributed by atoms with Crippen molar-refractivity contribution in [2.75, 3.05) is 24.5 Å². The predicted molar refractivity (Wildman–Crippen MR) is 83.1 cm³/mol. The number of piperidine rings is 1. The van der Waals surface area contributed by atoms with Crippen LogP contribution in [0.5, 0.6) is 0 Å². The highest BCUT2D eigenvalue weighted by atomic mass is 15.3. The summed E-state index contributed by atoms with van der Waals surface area (Å²) in [6, 6.07) is 8.70. The lowest BCUT2D eigenvalue weighted by Crippen LogP contribution is -2.47. The second-order valence-electron chi connectivity index (χ2n) is 5.42. The molecule has 2 heterocycles. The molecule has 1 atom stereocenters. The molecule has 3 rings (SSSR count). The van der Waals surface area contributed by atoms with Crippen LogP contribution in [0.4, 0.5) is 5.95 Å². The average molecular weight is 270 g/mol. The zero-order chi connectivity index (χ0) is 13.8. The van der Waals surface area contributed by atoms with Crippen molar-refractivity contribution in [3.05, 3.63) is 30.5 Å². The SMILES string of the molecule is CCCN(c1ncc2ccccc2n1)C1CCCNC1. The van der Waals surface area contributed by atoms with E-state index < -0.39 is 0 Å². The zero-order valence-corrected chi connectivity index (χ0v) is 12.0. The van der Waals surface area contributed by atoms with Crippen molar-refractivity contribution in [1.29, 1.82) is 0 Å². The summed E-state index contributed by atoms with van der Waals surface area (Å²) in [4.78, 5) is 11.7. The highest BCUT2D eigenvalue weighted by Gasteiger charge is 2.22. The molecule has 1 aliphatic rings. The Morgan fingerprint density at radius 3 is 3.05 bits per heavy atom. The molecule has 0 radical (unpaired) electrons. The van der Waals surface area contributed by atoms with Crippen LogP contribution in [0.15, 0.2) is 30.5 Å². The third-order valence-corrected chi connectivity index (χ3v) is 3.91. The average Bonchev–Trinajstić information content (AvgIpc) is 2.53. The number of nitrogens with one attached hydrogen (secondary N) is 1. The number of para-hydroxylation sites is 1. The second-order valence-corrected chi connectivity index (χ2v) is 5.42. The molecular weight excluding hydrogens is 248 g/mol. The van der Waals surface area contributed by atoms with Gasteiger partial charge >= 0.3 is 0 Å². The van der Waals surface area contributed by atoms with Crippen LogP contribution >= 0.6 is 0 Å². The Balaban J connectivity index is 1.91. The van der Waals surface area contributed by atoms with E-state index in [1.807, 2.05) is 18.3 Å². The fraction of sp³-hybridized carbons (Fsp3) is 0.500. The van der Waals surface area contributed by atoms with Crippen molar-refractivity contribution < 1.29 is 0 Å². The van der Waals surface area contributed by atoms with Gasteiger partial charge in [-0.3, -0.25) is 0 Å². The molecule has 2 aromatic rings. The number of fused-ring (bicyclic) bond motifs is 1. The summed E-state index contributed by atoms with van der Waals surface area (Å²) in [6.07, 6.45) is 5.52.